The average Bonchev–Trinajstić information content (AvgIpc) is 3.65. The molecular formula is C45H43ClN4O3S. The Balaban J connectivity index is 1.13. The third-order valence-corrected chi connectivity index (χ3v) is 12.8. The highest BCUT2D eigenvalue weighted by atomic mass is 35.5. The second kappa shape index (κ2) is 15.1. The smallest absolute Gasteiger partial charge is 0.211 e. The number of aliphatic hydroxyl groups is 1. The molecule has 54 heavy (non-hydrogen) atoms. The van der Waals surface area contributed by atoms with Gasteiger partial charge in [-0.15, -0.1) is 0 Å². The first-order chi connectivity index (χ1) is 26.2. The topological polar surface area (TPSA) is 88.3 Å². The molecule has 2 aliphatic rings. The molecule has 1 N–H and O–H groups in total. The third-order valence-electron chi connectivity index (χ3n) is 11.2. The lowest BCUT2D eigenvalue weighted by Gasteiger charge is -2.37. The molecule has 0 spiro atoms. The maximum Gasteiger partial charge on any atom is 0.211 e. The number of rotatable bonds is 10. The summed E-state index contributed by atoms with van der Waals surface area (Å²) in [4.78, 5) is 9.84. The maximum atomic E-state index is 12.3. The summed E-state index contributed by atoms with van der Waals surface area (Å²) in [7, 11) is -3.25. The van der Waals surface area contributed by atoms with Gasteiger partial charge in [-0.1, -0.05) is 121 Å². The zero-order valence-corrected chi connectivity index (χ0v) is 31.7. The lowest BCUT2D eigenvalue weighted by Crippen LogP contribution is -2.39. The van der Waals surface area contributed by atoms with E-state index in [1.807, 2.05) is 55.1 Å². The van der Waals surface area contributed by atoms with E-state index in [1.54, 1.807) is 4.31 Å². The second-order valence-electron chi connectivity index (χ2n) is 14.4. The molecule has 9 heteroatoms. The van der Waals surface area contributed by atoms with Gasteiger partial charge >= 0.3 is 0 Å². The fourth-order valence-electron chi connectivity index (χ4n) is 8.65. The summed E-state index contributed by atoms with van der Waals surface area (Å²) < 4.78 is 28.4. The van der Waals surface area contributed by atoms with Crippen molar-refractivity contribution in [3.8, 4) is 0 Å². The lowest BCUT2D eigenvalue weighted by molar-refractivity contribution is 0.165. The Labute approximate surface area is 322 Å². The minimum atomic E-state index is -3.25. The predicted molar refractivity (Wildman–Crippen MR) is 216 cm³/mol. The molecule has 4 aromatic carbocycles. The monoisotopic (exact) mass is 754 g/mol. The van der Waals surface area contributed by atoms with Crippen LogP contribution in [0.2, 0.25) is 5.02 Å². The molecule has 0 amide bonds. The fourth-order valence-corrected chi connectivity index (χ4v) is 9.70. The summed E-state index contributed by atoms with van der Waals surface area (Å²) in [5.41, 5.74) is 8.42. The molecule has 0 bridgehead atoms. The highest BCUT2D eigenvalue weighted by molar-refractivity contribution is 7.88. The minimum Gasteiger partial charge on any atom is -0.387 e. The number of hydrogen-bond acceptors (Lipinski definition) is 5. The van der Waals surface area contributed by atoms with E-state index in [1.165, 1.54) is 6.26 Å². The van der Waals surface area contributed by atoms with Crippen molar-refractivity contribution in [1.82, 2.24) is 18.8 Å². The molecule has 3 heterocycles. The van der Waals surface area contributed by atoms with E-state index in [0.717, 1.165) is 57.5 Å². The lowest BCUT2D eigenvalue weighted by atomic mass is 9.76. The minimum absolute atomic E-state index is 0.0216. The normalized spacial score (nSPS) is 17.2. The van der Waals surface area contributed by atoms with E-state index in [4.69, 9.17) is 21.6 Å². The quantitative estimate of drug-likeness (QED) is 0.141. The highest BCUT2D eigenvalue weighted by Crippen LogP contribution is 2.46. The van der Waals surface area contributed by atoms with Gasteiger partial charge in [-0.05, 0) is 88.8 Å². The molecule has 2 atom stereocenters. The molecule has 6 aromatic rings. The van der Waals surface area contributed by atoms with Gasteiger partial charge in [0.1, 0.15) is 5.54 Å². The second-order valence-corrected chi connectivity index (χ2v) is 16.8. The van der Waals surface area contributed by atoms with Gasteiger partial charge in [0.15, 0.2) is 0 Å². The number of fused-ring (bicyclic) bond motifs is 2. The molecule has 2 aromatic heterocycles. The summed E-state index contributed by atoms with van der Waals surface area (Å²) in [6.45, 7) is 0.981. The molecule has 1 saturated heterocycles. The molecule has 274 valence electrons. The van der Waals surface area contributed by atoms with Crippen LogP contribution in [0.5, 0.6) is 0 Å². The van der Waals surface area contributed by atoms with Crippen molar-refractivity contribution in [2.45, 2.75) is 43.2 Å². The van der Waals surface area contributed by atoms with Gasteiger partial charge in [0, 0.05) is 36.4 Å². The highest BCUT2D eigenvalue weighted by Gasteiger charge is 2.39. The van der Waals surface area contributed by atoms with E-state index in [9.17, 15) is 13.5 Å². The largest absolute Gasteiger partial charge is 0.387 e. The van der Waals surface area contributed by atoms with Gasteiger partial charge in [0.25, 0.3) is 0 Å². The van der Waals surface area contributed by atoms with Crippen LogP contribution in [0.1, 0.15) is 82.5 Å². The van der Waals surface area contributed by atoms with E-state index in [0.29, 0.717) is 36.6 Å². The summed E-state index contributed by atoms with van der Waals surface area (Å²) in [5, 5.41) is 12.5. The first-order valence-electron chi connectivity index (χ1n) is 18.5. The number of pyridine rings is 1. The van der Waals surface area contributed by atoms with Crippen LogP contribution in [0, 0.1) is 5.92 Å². The number of allylic oxidation sites excluding steroid dienone is 1. The van der Waals surface area contributed by atoms with Crippen molar-refractivity contribution < 1.29 is 13.5 Å². The van der Waals surface area contributed by atoms with Crippen LogP contribution in [0.4, 0.5) is 0 Å². The van der Waals surface area contributed by atoms with Gasteiger partial charge in [-0.25, -0.2) is 17.7 Å². The number of aromatic nitrogens is 3. The summed E-state index contributed by atoms with van der Waals surface area (Å²) in [6.07, 6.45) is 10.8. The Bertz CT molecular complexity index is 2280. The van der Waals surface area contributed by atoms with Crippen LogP contribution in [0.15, 0.2) is 140 Å². The Morgan fingerprint density at radius 3 is 2.04 bits per heavy atom. The van der Waals surface area contributed by atoms with Crippen molar-refractivity contribution in [2.24, 2.45) is 5.92 Å². The predicted octanol–water partition coefficient (Wildman–Crippen LogP) is 8.94. The van der Waals surface area contributed by atoms with E-state index in [-0.39, 0.29) is 11.8 Å². The van der Waals surface area contributed by atoms with Crippen molar-refractivity contribution in [3.63, 3.8) is 0 Å². The Kier molecular flexibility index (Phi) is 10.1. The molecule has 0 radical (unpaired) electrons. The van der Waals surface area contributed by atoms with Gasteiger partial charge in [0.2, 0.25) is 10.0 Å². The number of aliphatic hydroxyl groups excluding tert-OH is 1. The van der Waals surface area contributed by atoms with Gasteiger partial charge in [-0.2, -0.15) is 0 Å². The van der Waals surface area contributed by atoms with Crippen LogP contribution in [-0.4, -0.2) is 51.7 Å². The molecule has 1 fully saturated rings. The molecule has 0 saturated carbocycles. The van der Waals surface area contributed by atoms with E-state index >= 15 is 0 Å². The summed E-state index contributed by atoms with van der Waals surface area (Å²) >= 11 is 6.60. The van der Waals surface area contributed by atoms with Crippen LogP contribution in [-0.2, 0) is 15.6 Å². The first-order valence-corrected chi connectivity index (χ1v) is 20.8. The SMILES string of the molecule is CS(=O)(=O)N1CCC(C2c3ccc(Cl)cc3C=C(CCC(O)c3cn(C(c4ccccc4)(c4ccccc4)c4ccccc4)cn3)c3cccnc32)CC1. The van der Waals surface area contributed by atoms with E-state index < -0.39 is 21.7 Å². The molecular weight excluding hydrogens is 712 g/mol. The van der Waals surface area contributed by atoms with Crippen molar-refractivity contribution in [1.29, 1.82) is 0 Å². The number of benzene rings is 4. The molecule has 8 rings (SSSR count). The first kappa shape index (κ1) is 36.1. The van der Waals surface area contributed by atoms with E-state index in [2.05, 4.69) is 95.6 Å². The summed E-state index contributed by atoms with van der Waals surface area (Å²) in [6, 6.07) is 41.4. The third kappa shape index (κ3) is 6.84. The van der Waals surface area contributed by atoms with Crippen molar-refractivity contribution in [2.75, 3.05) is 19.3 Å². The fraction of sp³-hybridized carbons (Fsp3) is 0.244. The molecule has 7 nitrogen and oxygen atoms in total. The summed E-state index contributed by atoms with van der Waals surface area (Å²) in [5.74, 6) is 0.185. The average molecular weight is 755 g/mol. The zero-order valence-electron chi connectivity index (χ0n) is 30.2. The zero-order chi connectivity index (χ0) is 37.3. The van der Waals surface area contributed by atoms with Crippen molar-refractivity contribution >= 4 is 33.3 Å². The number of hydrogen-bond donors (Lipinski definition) is 1. The number of nitrogens with zero attached hydrogens (tertiary/aromatic N) is 4. The molecule has 1 aliphatic carbocycles. The van der Waals surface area contributed by atoms with Crippen LogP contribution in [0.3, 0.4) is 0 Å². The van der Waals surface area contributed by atoms with Crippen molar-refractivity contribution in [3.05, 3.63) is 190 Å². The Hall–Kier alpha value is -4.86. The Morgan fingerprint density at radius 1 is 0.833 bits per heavy atom. The number of sulfonamides is 1. The van der Waals surface area contributed by atoms with Gasteiger partial charge < -0.3 is 9.67 Å². The number of halogens is 1. The maximum absolute atomic E-state index is 12.3. The van der Waals surface area contributed by atoms with Crippen LogP contribution < -0.4 is 0 Å². The van der Waals surface area contributed by atoms with Gasteiger partial charge in [-0.3, -0.25) is 4.98 Å². The van der Waals surface area contributed by atoms with Crippen LogP contribution >= 0.6 is 11.6 Å². The standard InChI is InChI=1S/C45H43ClN4O3S/c1-54(52,53)50-26-23-32(24-27-50)43-39-21-20-38(46)29-34(39)28-33(40-18-11-25-47-44(40)43)19-22-42(51)41-30-49(31-48-41)45(35-12-5-2-6-13-35,36-14-7-3-8-15-36)37-16-9-4-10-17-37/h2-18,20-21,25,28-32,42-43,51H,19,22-24,26-27H2,1H3. The van der Waals surface area contributed by atoms with Gasteiger partial charge in [0.05, 0.1) is 30.1 Å². The molecule has 2 unspecified atom stereocenters. The number of piperidine rings is 1. The van der Waals surface area contributed by atoms with Crippen LogP contribution in [0.25, 0.3) is 11.6 Å². The molecule has 1 aliphatic heterocycles. The Morgan fingerprint density at radius 2 is 1.44 bits per heavy atom. The number of imidazole rings is 1.